The number of hydrogen-bond acceptors (Lipinski definition) is 2. The van der Waals surface area contributed by atoms with Crippen LogP contribution in [0.5, 0.6) is 5.75 Å². The third-order valence-electron chi connectivity index (χ3n) is 3.15. The van der Waals surface area contributed by atoms with Gasteiger partial charge in [-0.15, -0.1) is 0 Å². The average Bonchev–Trinajstić information content (AvgIpc) is 2.81. The highest BCUT2D eigenvalue weighted by molar-refractivity contribution is 7.80. The standard InChI is InChI=1S/C15H22N2OS/c1-11(2)18-14-9-5-8-13(10-14)17-15(19)16-12-6-3-4-7-12/h5,8-12H,3-4,6-7H2,1-2H3,(H2,16,17,19). The predicted octanol–water partition coefficient (Wildman–Crippen LogP) is 3.70. The van der Waals surface area contributed by atoms with Crippen LogP contribution in [-0.4, -0.2) is 17.3 Å². The van der Waals surface area contributed by atoms with E-state index in [1.807, 2.05) is 38.1 Å². The molecule has 1 fully saturated rings. The molecule has 0 saturated heterocycles. The molecule has 4 heteroatoms. The summed E-state index contributed by atoms with van der Waals surface area (Å²) in [6, 6.07) is 8.44. The van der Waals surface area contributed by atoms with Gasteiger partial charge in [0.2, 0.25) is 0 Å². The van der Waals surface area contributed by atoms with Gasteiger partial charge in [0, 0.05) is 17.8 Å². The fourth-order valence-corrected chi connectivity index (χ4v) is 2.63. The van der Waals surface area contributed by atoms with Crippen molar-refractivity contribution in [2.45, 2.75) is 51.7 Å². The number of thiocarbonyl (C=S) groups is 1. The Morgan fingerprint density at radius 2 is 2.05 bits per heavy atom. The van der Waals surface area contributed by atoms with E-state index >= 15 is 0 Å². The van der Waals surface area contributed by atoms with E-state index in [0.717, 1.165) is 11.4 Å². The van der Waals surface area contributed by atoms with Crippen LogP contribution < -0.4 is 15.4 Å². The fourth-order valence-electron chi connectivity index (χ4n) is 2.34. The summed E-state index contributed by atoms with van der Waals surface area (Å²) in [5.74, 6) is 0.865. The Labute approximate surface area is 120 Å². The van der Waals surface area contributed by atoms with Gasteiger partial charge in [0.05, 0.1) is 6.10 Å². The van der Waals surface area contributed by atoms with Crippen molar-refractivity contribution in [1.29, 1.82) is 0 Å². The molecule has 0 aliphatic heterocycles. The normalized spacial score (nSPS) is 15.5. The fraction of sp³-hybridized carbons (Fsp3) is 0.533. The van der Waals surface area contributed by atoms with Crippen LogP contribution in [0.25, 0.3) is 0 Å². The lowest BCUT2D eigenvalue weighted by molar-refractivity contribution is 0.242. The van der Waals surface area contributed by atoms with Gasteiger partial charge < -0.3 is 15.4 Å². The Morgan fingerprint density at radius 1 is 1.32 bits per heavy atom. The zero-order valence-electron chi connectivity index (χ0n) is 11.6. The van der Waals surface area contributed by atoms with E-state index in [9.17, 15) is 0 Å². The van der Waals surface area contributed by atoms with Crippen molar-refractivity contribution in [3.8, 4) is 5.75 Å². The van der Waals surface area contributed by atoms with Crippen LogP contribution in [0.3, 0.4) is 0 Å². The molecule has 0 amide bonds. The second-order valence-corrected chi connectivity index (χ2v) is 5.68. The van der Waals surface area contributed by atoms with Crippen molar-refractivity contribution in [2.75, 3.05) is 5.32 Å². The molecule has 3 nitrogen and oxygen atoms in total. The van der Waals surface area contributed by atoms with E-state index in [0.29, 0.717) is 11.2 Å². The number of benzene rings is 1. The maximum absolute atomic E-state index is 5.67. The van der Waals surface area contributed by atoms with Gasteiger partial charge in [0.15, 0.2) is 5.11 Å². The lowest BCUT2D eigenvalue weighted by Gasteiger charge is -2.16. The molecule has 0 unspecified atom stereocenters. The van der Waals surface area contributed by atoms with Crippen LogP contribution >= 0.6 is 12.2 Å². The highest BCUT2D eigenvalue weighted by Gasteiger charge is 2.15. The van der Waals surface area contributed by atoms with Crippen molar-refractivity contribution in [1.82, 2.24) is 5.32 Å². The Kier molecular flexibility index (Phi) is 5.02. The molecule has 0 heterocycles. The van der Waals surface area contributed by atoms with Crippen molar-refractivity contribution < 1.29 is 4.74 Å². The summed E-state index contributed by atoms with van der Waals surface area (Å²) in [5, 5.41) is 7.29. The van der Waals surface area contributed by atoms with Crippen LogP contribution in [0, 0.1) is 0 Å². The van der Waals surface area contributed by atoms with Gasteiger partial charge >= 0.3 is 0 Å². The van der Waals surface area contributed by atoms with Gasteiger partial charge in [-0.1, -0.05) is 18.9 Å². The minimum atomic E-state index is 0.179. The number of rotatable bonds is 4. The third-order valence-corrected chi connectivity index (χ3v) is 3.37. The maximum atomic E-state index is 5.67. The molecule has 0 bridgehead atoms. The number of anilines is 1. The first-order valence-electron chi connectivity index (χ1n) is 6.98. The third kappa shape index (κ3) is 4.71. The summed E-state index contributed by atoms with van der Waals surface area (Å²) < 4.78 is 5.67. The highest BCUT2D eigenvalue weighted by Crippen LogP contribution is 2.20. The van der Waals surface area contributed by atoms with Gasteiger partial charge in [-0.3, -0.25) is 0 Å². The van der Waals surface area contributed by atoms with Crippen molar-refractivity contribution >= 4 is 23.0 Å². The van der Waals surface area contributed by atoms with E-state index in [-0.39, 0.29) is 6.10 Å². The Hall–Kier alpha value is -1.29. The van der Waals surface area contributed by atoms with Crippen LogP contribution in [0.2, 0.25) is 0 Å². The topological polar surface area (TPSA) is 33.3 Å². The molecule has 0 aromatic heterocycles. The van der Waals surface area contributed by atoms with Gasteiger partial charge in [-0.2, -0.15) is 0 Å². The first-order valence-corrected chi connectivity index (χ1v) is 7.38. The molecule has 2 N–H and O–H groups in total. The summed E-state index contributed by atoms with van der Waals surface area (Å²) in [6.45, 7) is 4.04. The van der Waals surface area contributed by atoms with E-state index in [2.05, 4.69) is 10.6 Å². The second-order valence-electron chi connectivity index (χ2n) is 5.27. The zero-order valence-corrected chi connectivity index (χ0v) is 12.4. The monoisotopic (exact) mass is 278 g/mol. The molecule has 1 aromatic rings. The van der Waals surface area contributed by atoms with Crippen molar-refractivity contribution in [3.05, 3.63) is 24.3 Å². The molecule has 1 saturated carbocycles. The molecular formula is C15H22N2OS. The predicted molar refractivity (Wildman–Crippen MR) is 83.8 cm³/mol. The minimum Gasteiger partial charge on any atom is -0.491 e. The molecule has 1 aliphatic rings. The van der Waals surface area contributed by atoms with E-state index in [1.165, 1.54) is 25.7 Å². The summed E-state index contributed by atoms with van der Waals surface area (Å²) >= 11 is 5.34. The molecule has 0 radical (unpaired) electrons. The number of ether oxygens (including phenoxy) is 1. The van der Waals surface area contributed by atoms with Gasteiger partial charge in [0.25, 0.3) is 0 Å². The Balaban J connectivity index is 1.88. The SMILES string of the molecule is CC(C)Oc1cccc(NC(=S)NC2CCCC2)c1. The van der Waals surface area contributed by atoms with Crippen LogP contribution in [0.4, 0.5) is 5.69 Å². The van der Waals surface area contributed by atoms with Crippen LogP contribution in [-0.2, 0) is 0 Å². The molecule has 1 aliphatic carbocycles. The molecule has 0 spiro atoms. The summed E-state index contributed by atoms with van der Waals surface area (Å²) in [6.07, 6.45) is 5.23. The lowest BCUT2D eigenvalue weighted by atomic mass is 10.2. The maximum Gasteiger partial charge on any atom is 0.170 e. The summed E-state index contributed by atoms with van der Waals surface area (Å²) in [5.41, 5.74) is 0.966. The first kappa shape index (κ1) is 14.1. The molecule has 1 aromatic carbocycles. The zero-order chi connectivity index (χ0) is 13.7. The Morgan fingerprint density at radius 3 is 2.74 bits per heavy atom. The number of nitrogens with one attached hydrogen (secondary N) is 2. The lowest BCUT2D eigenvalue weighted by Crippen LogP contribution is -2.35. The quantitative estimate of drug-likeness (QED) is 0.823. The van der Waals surface area contributed by atoms with Gasteiger partial charge in [0.1, 0.15) is 5.75 Å². The van der Waals surface area contributed by atoms with Crippen LogP contribution in [0.15, 0.2) is 24.3 Å². The molecule has 0 atom stereocenters. The summed E-state index contributed by atoms with van der Waals surface area (Å²) in [4.78, 5) is 0. The highest BCUT2D eigenvalue weighted by atomic mass is 32.1. The van der Waals surface area contributed by atoms with E-state index in [1.54, 1.807) is 0 Å². The minimum absolute atomic E-state index is 0.179. The van der Waals surface area contributed by atoms with Gasteiger partial charge in [-0.25, -0.2) is 0 Å². The van der Waals surface area contributed by atoms with Crippen LogP contribution in [0.1, 0.15) is 39.5 Å². The smallest absolute Gasteiger partial charge is 0.170 e. The molecule has 2 rings (SSSR count). The van der Waals surface area contributed by atoms with Crippen molar-refractivity contribution in [2.24, 2.45) is 0 Å². The van der Waals surface area contributed by atoms with E-state index < -0.39 is 0 Å². The second kappa shape index (κ2) is 6.75. The Bertz CT molecular complexity index is 428. The first-order chi connectivity index (χ1) is 9.13. The molecule has 19 heavy (non-hydrogen) atoms. The van der Waals surface area contributed by atoms with Gasteiger partial charge in [-0.05, 0) is 51.0 Å². The van der Waals surface area contributed by atoms with E-state index in [4.69, 9.17) is 17.0 Å². The number of hydrogen-bond donors (Lipinski definition) is 2. The molecule has 104 valence electrons. The molecular weight excluding hydrogens is 256 g/mol. The summed E-state index contributed by atoms with van der Waals surface area (Å²) in [7, 11) is 0. The average molecular weight is 278 g/mol. The largest absolute Gasteiger partial charge is 0.491 e. The van der Waals surface area contributed by atoms with Crippen molar-refractivity contribution in [3.63, 3.8) is 0 Å².